The molecule has 0 aliphatic carbocycles. The van der Waals surface area contributed by atoms with E-state index in [0.717, 1.165) is 36.6 Å². The Morgan fingerprint density at radius 1 is 1.41 bits per heavy atom. The van der Waals surface area contributed by atoms with E-state index in [0.29, 0.717) is 6.61 Å². The van der Waals surface area contributed by atoms with E-state index in [1.54, 1.807) is 7.11 Å². The lowest BCUT2D eigenvalue weighted by molar-refractivity contribution is 0.308. The molecule has 3 heteroatoms. The Kier molecular flexibility index (Phi) is 6.18. The largest absolute Gasteiger partial charge is 0.493 e. The average Bonchev–Trinajstić information content (AvgIpc) is 2.35. The quantitative estimate of drug-likeness (QED) is 0.555. The van der Waals surface area contributed by atoms with Crippen LogP contribution in [0.2, 0.25) is 0 Å². The van der Waals surface area contributed by atoms with Crippen molar-refractivity contribution in [3.63, 3.8) is 0 Å². The zero-order valence-corrected chi connectivity index (χ0v) is 10.7. The van der Waals surface area contributed by atoms with E-state index >= 15 is 0 Å². The van der Waals surface area contributed by atoms with Crippen molar-refractivity contribution in [1.82, 2.24) is 5.32 Å². The summed E-state index contributed by atoms with van der Waals surface area (Å²) in [4.78, 5) is 0. The highest BCUT2D eigenvalue weighted by Gasteiger charge is 2.08. The van der Waals surface area contributed by atoms with Crippen LogP contribution in [0.5, 0.6) is 11.5 Å². The summed E-state index contributed by atoms with van der Waals surface area (Å²) in [6.45, 7) is 8.00. The summed E-state index contributed by atoms with van der Waals surface area (Å²) < 4.78 is 10.9. The van der Waals surface area contributed by atoms with Crippen LogP contribution in [0.15, 0.2) is 30.9 Å². The fourth-order valence-electron chi connectivity index (χ4n) is 1.63. The van der Waals surface area contributed by atoms with Gasteiger partial charge in [0.1, 0.15) is 0 Å². The molecule has 1 rings (SSSR count). The minimum atomic E-state index is 0.643. The smallest absolute Gasteiger partial charge is 0.165 e. The number of nitrogens with one attached hydrogen (secondary N) is 1. The summed E-state index contributed by atoms with van der Waals surface area (Å²) in [5, 5.41) is 3.34. The second-order valence-electron chi connectivity index (χ2n) is 3.64. The van der Waals surface area contributed by atoms with Crippen LogP contribution in [-0.4, -0.2) is 20.3 Å². The molecule has 0 radical (unpaired) electrons. The van der Waals surface area contributed by atoms with Gasteiger partial charge in [0.05, 0.1) is 13.7 Å². The molecular weight excluding hydrogens is 214 g/mol. The number of para-hydroxylation sites is 1. The van der Waals surface area contributed by atoms with Crippen molar-refractivity contribution in [2.24, 2.45) is 0 Å². The summed E-state index contributed by atoms with van der Waals surface area (Å²) in [5.41, 5.74) is 1.11. The van der Waals surface area contributed by atoms with Gasteiger partial charge in [0, 0.05) is 12.1 Å². The maximum atomic E-state index is 5.53. The maximum Gasteiger partial charge on any atom is 0.165 e. The normalized spacial score (nSPS) is 10.0. The molecule has 0 saturated heterocycles. The molecular formula is C14H21NO2. The van der Waals surface area contributed by atoms with Crippen molar-refractivity contribution in [3.8, 4) is 11.5 Å². The van der Waals surface area contributed by atoms with Crippen LogP contribution in [0.3, 0.4) is 0 Å². The summed E-state index contributed by atoms with van der Waals surface area (Å²) in [5.74, 6) is 1.62. The number of methoxy groups -OCH3 is 1. The molecule has 0 aromatic heterocycles. The number of benzene rings is 1. The molecule has 0 fully saturated rings. The second kappa shape index (κ2) is 7.74. The lowest BCUT2D eigenvalue weighted by Gasteiger charge is -2.13. The van der Waals surface area contributed by atoms with E-state index in [2.05, 4.69) is 11.9 Å². The molecule has 94 valence electrons. The Morgan fingerprint density at radius 2 is 2.24 bits per heavy atom. The third kappa shape index (κ3) is 4.11. The maximum absolute atomic E-state index is 5.53. The van der Waals surface area contributed by atoms with Crippen molar-refractivity contribution in [2.75, 3.05) is 20.3 Å². The van der Waals surface area contributed by atoms with Crippen molar-refractivity contribution in [3.05, 3.63) is 36.4 Å². The average molecular weight is 235 g/mol. The van der Waals surface area contributed by atoms with E-state index in [4.69, 9.17) is 9.47 Å². The Balaban J connectivity index is 2.69. The summed E-state index contributed by atoms with van der Waals surface area (Å²) >= 11 is 0. The molecule has 0 spiro atoms. The zero-order chi connectivity index (χ0) is 12.5. The molecule has 1 N–H and O–H groups in total. The molecule has 0 saturated carbocycles. The van der Waals surface area contributed by atoms with Gasteiger partial charge in [0.2, 0.25) is 0 Å². The predicted octanol–water partition coefficient (Wildman–Crippen LogP) is 2.76. The van der Waals surface area contributed by atoms with Gasteiger partial charge in [0.25, 0.3) is 0 Å². The Hall–Kier alpha value is -1.48. The van der Waals surface area contributed by atoms with Gasteiger partial charge in [-0.05, 0) is 26.0 Å². The van der Waals surface area contributed by atoms with E-state index in [9.17, 15) is 0 Å². The minimum Gasteiger partial charge on any atom is -0.493 e. The van der Waals surface area contributed by atoms with Crippen LogP contribution in [0.25, 0.3) is 0 Å². The van der Waals surface area contributed by atoms with E-state index in [-0.39, 0.29) is 0 Å². The summed E-state index contributed by atoms with van der Waals surface area (Å²) in [6.07, 6.45) is 2.87. The summed E-state index contributed by atoms with van der Waals surface area (Å²) in [6, 6.07) is 5.95. The van der Waals surface area contributed by atoms with Crippen molar-refractivity contribution in [1.29, 1.82) is 0 Å². The van der Waals surface area contributed by atoms with Gasteiger partial charge in [-0.25, -0.2) is 0 Å². The fraction of sp³-hybridized carbons (Fsp3) is 0.429. The van der Waals surface area contributed by atoms with Gasteiger partial charge < -0.3 is 14.8 Å². The number of rotatable bonds is 8. The molecule has 3 nitrogen and oxygen atoms in total. The molecule has 0 amide bonds. The van der Waals surface area contributed by atoms with Gasteiger partial charge in [-0.3, -0.25) is 0 Å². The molecule has 1 aromatic rings. The Bertz CT molecular complexity index is 350. The minimum absolute atomic E-state index is 0.643. The first-order valence-corrected chi connectivity index (χ1v) is 5.93. The third-order valence-corrected chi connectivity index (χ3v) is 2.41. The highest BCUT2D eigenvalue weighted by Crippen LogP contribution is 2.30. The number of hydrogen-bond donors (Lipinski definition) is 1. The van der Waals surface area contributed by atoms with Crippen molar-refractivity contribution in [2.45, 2.75) is 19.9 Å². The fourth-order valence-corrected chi connectivity index (χ4v) is 1.63. The van der Waals surface area contributed by atoms with Crippen LogP contribution in [0.1, 0.15) is 18.9 Å². The van der Waals surface area contributed by atoms with Crippen LogP contribution in [-0.2, 0) is 6.54 Å². The van der Waals surface area contributed by atoms with Gasteiger partial charge in [-0.15, -0.1) is 6.58 Å². The van der Waals surface area contributed by atoms with Gasteiger partial charge in [-0.2, -0.15) is 0 Å². The highest BCUT2D eigenvalue weighted by molar-refractivity contribution is 5.46. The van der Waals surface area contributed by atoms with Gasteiger partial charge in [0.15, 0.2) is 11.5 Å². The zero-order valence-electron chi connectivity index (χ0n) is 10.7. The van der Waals surface area contributed by atoms with Crippen molar-refractivity contribution >= 4 is 0 Å². The lowest BCUT2D eigenvalue weighted by atomic mass is 10.2. The van der Waals surface area contributed by atoms with E-state index in [1.807, 2.05) is 31.2 Å². The summed E-state index contributed by atoms with van der Waals surface area (Å²) in [7, 11) is 1.67. The van der Waals surface area contributed by atoms with Gasteiger partial charge in [-0.1, -0.05) is 18.2 Å². The van der Waals surface area contributed by atoms with Crippen LogP contribution in [0.4, 0.5) is 0 Å². The number of hydrogen-bond acceptors (Lipinski definition) is 3. The molecule has 0 unspecified atom stereocenters. The molecule has 0 aliphatic heterocycles. The third-order valence-electron chi connectivity index (χ3n) is 2.41. The molecule has 0 aliphatic rings. The topological polar surface area (TPSA) is 30.5 Å². The first-order chi connectivity index (χ1) is 8.33. The molecule has 0 atom stereocenters. The first-order valence-electron chi connectivity index (χ1n) is 5.93. The predicted molar refractivity (Wildman–Crippen MR) is 70.7 cm³/mol. The Labute approximate surface area is 103 Å². The second-order valence-corrected chi connectivity index (χ2v) is 3.64. The standard InChI is InChI=1S/C14H21NO2/c1-4-6-10-15-11-12-8-7-9-13(17-5-2)14(12)16-3/h4,7-9,15H,1,5-6,10-11H2,2-3H3. The van der Waals surface area contributed by atoms with E-state index < -0.39 is 0 Å². The van der Waals surface area contributed by atoms with Crippen LogP contribution in [0, 0.1) is 0 Å². The van der Waals surface area contributed by atoms with Crippen molar-refractivity contribution < 1.29 is 9.47 Å². The molecule has 0 bridgehead atoms. The van der Waals surface area contributed by atoms with Crippen LogP contribution < -0.4 is 14.8 Å². The number of ether oxygens (including phenoxy) is 2. The van der Waals surface area contributed by atoms with E-state index in [1.165, 1.54) is 0 Å². The molecule has 0 heterocycles. The highest BCUT2D eigenvalue weighted by atomic mass is 16.5. The molecule has 1 aromatic carbocycles. The molecule has 17 heavy (non-hydrogen) atoms. The Morgan fingerprint density at radius 3 is 2.88 bits per heavy atom. The lowest BCUT2D eigenvalue weighted by Crippen LogP contribution is -2.14. The first kappa shape index (κ1) is 13.6. The van der Waals surface area contributed by atoms with Crippen LogP contribution >= 0.6 is 0 Å². The monoisotopic (exact) mass is 235 g/mol. The SMILES string of the molecule is C=CCCNCc1cccc(OCC)c1OC. The van der Waals surface area contributed by atoms with Gasteiger partial charge >= 0.3 is 0 Å².